The fourth-order valence-electron chi connectivity index (χ4n) is 1.10. The first-order valence-electron chi connectivity index (χ1n) is 4.88. The van der Waals surface area contributed by atoms with E-state index < -0.39 is 5.97 Å². The summed E-state index contributed by atoms with van der Waals surface area (Å²) in [6.07, 6.45) is 0. The number of amides is 2. The van der Waals surface area contributed by atoms with Gasteiger partial charge in [0.05, 0.1) is 12.2 Å². The highest BCUT2D eigenvalue weighted by atomic mass is 32.1. The molecule has 6 nitrogen and oxygen atoms in total. The van der Waals surface area contributed by atoms with Gasteiger partial charge in [0, 0.05) is 20.7 Å². The third-order valence-electron chi connectivity index (χ3n) is 2.09. The van der Waals surface area contributed by atoms with Crippen LogP contribution in [0, 0.1) is 0 Å². The number of hydrogen-bond donors (Lipinski definition) is 2. The lowest BCUT2D eigenvalue weighted by Crippen LogP contribution is -2.33. The van der Waals surface area contributed by atoms with Crippen molar-refractivity contribution < 1.29 is 19.4 Å². The SMILES string of the molecule is COCCN(C)C(=O)Nc1sccc1C(=O)O. The van der Waals surface area contributed by atoms with Gasteiger partial charge in [-0.3, -0.25) is 5.32 Å². The van der Waals surface area contributed by atoms with E-state index in [0.29, 0.717) is 18.2 Å². The lowest BCUT2D eigenvalue weighted by atomic mass is 10.3. The molecule has 0 fully saturated rings. The van der Waals surface area contributed by atoms with E-state index in [0.717, 1.165) is 0 Å². The maximum absolute atomic E-state index is 11.7. The molecule has 1 heterocycles. The maximum atomic E-state index is 11.7. The first-order chi connectivity index (χ1) is 8.06. The van der Waals surface area contributed by atoms with Crippen molar-refractivity contribution in [3.63, 3.8) is 0 Å². The van der Waals surface area contributed by atoms with E-state index in [-0.39, 0.29) is 11.6 Å². The Balaban J connectivity index is 2.61. The second-order valence-electron chi connectivity index (χ2n) is 3.31. The molecule has 2 N–H and O–H groups in total. The standard InChI is InChI=1S/C10H14N2O4S/c1-12(4-5-16-2)10(15)11-8-7(9(13)14)3-6-17-8/h3,6H,4-5H2,1-2H3,(H,11,15)(H,13,14). The summed E-state index contributed by atoms with van der Waals surface area (Å²) in [6.45, 7) is 0.871. The smallest absolute Gasteiger partial charge is 0.338 e. The average Bonchev–Trinajstić information content (AvgIpc) is 2.73. The lowest BCUT2D eigenvalue weighted by Gasteiger charge is -2.16. The van der Waals surface area contributed by atoms with Gasteiger partial charge < -0.3 is 14.7 Å². The summed E-state index contributed by atoms with van der Waals surface area (Å²) in [4.78, 5) is 23.9. The van der Waals surface area contributed by atoms with Gasteiger partial charge in [0.2, 0.25) is 0 Å². The summed E-state index contributed by atoms with van der Waals surface area (Å²) >= 11 is 1.18. The highest BCUT2D eigenvalue weighted by molar-refractivity contribution is 7.14. The number of likely N-dealkylation sites (N-methyl/N-ethyl adjacent to an activating group) is 1. The molecule has 0 spiro atoms. The lowest BCUT2D eigenvalue weighted by molar-refractivity contribution is 0.0698. The number of urea groups is 1. The van der Waals surface area contributed by atoms with Gasteiger partial charge in [0.15, 0.2) is 0 Å². The van der Waals surface area contributed by atoms with Crippen LogP contribution in [0.25, 0.3) is 0 Å². The Hall–Kier alpha value is -1.60. The molecule has 0 aromatic carbocycles. The van der Waals surface area contributed by atoms with E-state index >= 15 is 0 Å². The molecular weight excluding hydrogens is 244 g/mol. The molecule has 1 aromatic rings. The Morgan fingerprint density at radius 1 is 1.59 bits per heavy atom. The number of carbonyl (C=O) groups is 2. The van der Waals surface area contributed by atoms with Crippen molar-refractivity contribution in [1.82, 2.24) is 4.90 Å². The molecule has 94 valence electrons. The minimum Gasteiger partial charge on any atom is -0.478 e. The molecule has 0 saturated carbocycles. The number of anilines is 1. The number of nitrogens with zero attached hydrogens (tertiary/aromatic N) is 1. The fourth-order valence-corrected chi connectivity index (χ4v) is 1.87. The van der Waals surface area contributed by atoms with E-state index in [1.807, 2.05) is 0 Å². The third-order valence-corrected chi connectivity index (χ3v) is 2.92. The van der Waals surface area contributed by atoms with Crippen LogP contribution in [0.15, 0.2) is 11.4 Å². The Labute approximate surface area is 103 Å². The van der Waals surface area contributed by atoms with Crippen LogP contribution >= 0.6 is 11.3 Å². The number of carbonyl (C=O) groups excluding carboxylic acids is 1. The van der Waals surface area contributed by atoms with Crippen molar-refractivity contribution in [2.24, 2.45) is 0 Å². The Kier molecular flexibility index (Phi) is 4.92. The van der Waals surface area contributed by atoms with Crippen LogP contribution in [0.1, 0.15) is 10.4 Å². The highest BCUT2D eigenvalue weighted by Gasteiger charge is 2.15. The molecule has 17 heavy (non-hydrogen) atoms. The largest absolute Gasteiger partial charge is 0.478 e. The Bertz CT molecular complexity index is 405. The first kappa shape index (κ1) is 13.5. The predicted molar refractivity (Wildman–Crippen MR) is 64.8 cm³/mol. The van der Waals surface area contributed by atoms with Crippen molar-refractivity contribution in [3.05, 3.63) is 17.0 Å². The third kappa shape index (κ3) is 3.72. The van der Waals surface area contributed by atoms with Crippen LogP contribution < -0.4 is 5.32 Å². The minimum absolute atomic E-state index is 0.100. The van der Waals surface area contributed by atoms with E-state index in [1.165, 1.54) is 22.3 Å². The topological polar surface area (TPSA) is 78.9 Å². The summed E-state index contributed by atoms with van der Waals surface area (Å²) in [5.74, 6) is -1.05. The van der Waals surface area contributed by atoms with E-state index in [4.69, 9.17) is 9.84 Å². The van der Waals surface area contributed by atoms with Crippen molar-refractivity contribution in [2.45, 2.75) is 0 Å². The second-order valence-corrected chi connectivity index (χ2v) is 4.23. The van der Waals surface area contributed by atoms with Gasteiger partial charge in [-0.25, -0.2) is 9.59 Å². The normalized spacial score (nSPS) is 10.0. The van der Waals surface area contributed by atoms with Crippen LogP contribution in [-0.2, 0) is 4.74 Å². The predicted octanol–water partition coefficient (Wildman–Crippen LogP) is 1.56. The minimum atomic E-state index is -1.05. The summed E-state index contributed by atoms with van der Waals surface area (Å²) in [5.41, 5.74) is 0.100. The Morgan fingerprint density at radius 2 is 2.29 bits per heavy atom. The molecule has 1 rings (SSSR count). The molecule has 0 aliphatic heterocycles. The average molecular weight is 258 g/mol. The molecule has 0 aliphatic carbocycles. The quantitative estimate of drug-likeness (QED) is 0.840. The number of thiophene rings is 1. The van der Waals surface area contributed by atoms with Gasteiger partial charge in [0.1, 0.15) is 5.00 Å². The van der Waals surface area contributed by atoms with Gasteiger partial charge in [0.25, 0.3) is 0 Å². The number of nitrogens with one attached hydrogen (secondary N) is 1. The van der Waals surface area contributed by atoms with Crippen LogP contribution in [0.4, 0.5) is 9.80 Å². The molecule has 0 saturated heterocycles. The zero-order valence-electron chi connectivity index (χ0n) is 9.60. The molecule has 0 bridgehead atoms. The molecular formula is C10H14N2O4S. The van der Waals surface area contributed by atoms with Crippen molar-refractivity contribution in [1.29, 1.82) is 0 Å². The summed E-state index contributed by atoms with van der Waals surface area (Å²) in [7, 11) is 3.16. The second kappa shape index (κ2) is 6.21. The maximum Gasteiger partial charge on any atom is 0.338 e. The van der Waals surface area contributed by atoms with Gasteiger partial charge in [-0.15, -0.1) is 11.3 Å². The van der Waals surface area contributed by atoms with Crippen LogP contribution in [0.3, 0.4) is 0 Å². The summed E-state index contributed by atoms with van der Waals surface area (Å²) in [5, 5.41) is 13.4. The zero-order valence-corrected chi connectivity index (χ0v) is 10.4. The number of methoxy groups -OCH3 is 1. The monoisotopic (exact) mass is 258 g/mol. The molecule has 7 heteroatoms. The molecule has 0 radical (unpaired) electrons. The van der Waals surface area contributed by atoms with Gasteiger partial charge in [-0.05, 0) is 11.4 Å². The number of rotatable bonds is 5. The van der Waals surface area contributed by atoms with Crippen molar-refractivity contribution in [2.75, 3.05) is 32.6 Å². The van der Waals surface area contributed by atoms with Gasteiger partial charge >= 0.3 is 12.0 Å². The summed E-state index contributed by atoms with van der Waals surface area (Å²) in [6, 6.07) is 1.10. The first-order valence-corrected chi connectivity index (χ1v) is 5.76. The number of aromatic carboxylic acids is 1. The van der Waals surface area contributed by atoms with Crippen LogP contribution in [-0.4, -0.2) is 49.3 Å². The van der Waals surface area contributed by atoms with E-state index in [9.17, 15) is 9.59 Å². The van der Waals surface area contributed by atoms with Crippen molar-refractivity contribution >= 4 is 28.3 Å². The Morgan fingerprint density at radius 3 is 2.88 bits per heavy atom. The zero-order chi connectivity index (χ0) is 12.8. The molecule has 0 atom stereocenters. The van der Waals surface area contributed by atoms with Gasteiger partial charge in [-0.2, -0.15) is 0 Å². The van der Waals surface area contributed by atoms with E-state index in [2.05, 4.69) is 5.32 Å². The molecule has 1 aromatic heterocycles. The molecule has 2 amide bonds. The van der Waals surface area contributed by atoms with Gasteiger partial charge in [-0.1, -0.05) is 0 Å². The fraction of sp³-hybridized carbons (Fsp3) is 0.400. The van der Waals surface area contributed by atoms with Crippen LogP contribution in [0.5, 0.6) is 0 Å². The van der Waals surface area contributed by atoms with E-state index in [1.54, 1.807) is 19.5 Å². The highest BCUT2D eigenvalue weighted by Crippen LogP contribution is 2.23. The number of carboxylic acids is 1. The van der Waals surface area contributed by atoms with Crippen LogP contribution in [0.2, 0.25) is 0 Å². The molecule has 0 unspecified atom stereocenters. The number of ether oxygens (including phenoxy) is 1. The summed E-state index contributed by atoms with van der Waals surface area (Å²) < 4.78 is 4.85. The van der Waals surface area contributed by atoms with Crippen molar-refractivity contribution in [3.8, 4) is 0 Å². The number of carboxylic acid groups (broad SMARTS) is 1. The number of hydrogen-bond acceptors (Lipinski definition) is 4. The molecule has 0 aliphatic rings.